The first-order valence-electron chi connectivity index (χ1n) is 8.62. The topological polar surface area (TPSA) is 141 Å². The first-order valence-corrected chi connectivity index (χ1v) is 11.9. The van der Waals surface area contributed by atoms with Gasteiger partial charge >= 0.3 is 0 Å². The highest BCUT2D eigenvalue weighted by Crippen LogP contribution is 2.29. The maximum Gasteiger partial charge on any atom is 0.170 e. The Morgan fingerprint density at radius 1 is 1.00 bits per heavy atom. The van der Waals surface area contributed by atoms with Crippen molar-refractivity contribution < 1.29 is 32.2 Å². The minimum absolute atomic E-state index is 0.0966. The number of aliphatic hydroxyl groups excluding tert-OH is 1. The zero-order valence-corrected chi connectivity index (χ0v) is 18.1. The van der Waals surface area contributed by atoms with Gasteiger partial charge in [-0.25, -0.2) is 16.8 Å². The number of phenols is 2. The minimum atomic E-state index is -3.57. The maximum atomic E-state index is 11.7. The summed E-state index contributed by atoms with van der Waals surface area (Å²) in [5.74, 6) is -0.680. The van der Waals surface area contributed by atoms with Gasteiger partial charge in [-0.1, -0.05) is 26.8 Å². The molecule has 1 aromatic rings. The van der Waals surface area contributed by atoms with Gasteiger partial charge in [0.05, 0.1) is 6.10 Å². The minimum Gasteiger partial charge on any atom is -0.504 e. The van der Waals surface area contributed by atoms with E-state index >= 15 is 0 Å². The van der Waals surface area contributed by atoms with E-state index in [1.165, 1.54) is 32.9 Å². The van der Waals surface area contributed by atoms with E-state index in [0.29, 0.717) is 12.1 Å². The lowest BCUT2D eigenvalue weighted by Crippen LogP contribution is -2.44. The van der Waals surface area contributed by atoms with Gasteiger partial charge in [-0.2, -0.15) is 0 Å². The van der Waals surface area contributed by atoms with E-state index in [1.54, 1.807) is 20.0 Å². The van der Waals surface area contributed by atoms with Gasteiger partial charge in [-0.15, -0.1) is 0 Å². The largest absolute Gasteiger partial charge is 0.504 e. The standard InChI is InChI=1S/C9H13NO3.C8H18O4S2/c1-10-5-9(13)6-2-3-7(11)8(12)4-6;1-5-8(4,13(9,10)6-2)14(11,12)7-3/h2-4,9-13H,5H2,1H3;5-7H2,1-4H3/t9-;/m0./s1. The molecule has 0 bridgehead atoms. The summed E-state index contributed by atoms with van der Waals surface area (Å²) in [5.41, 5.74) is 0.574. The molecule has 0 spiro atoms. The Bertz CT molecular complexity index is 771. The van der Waals surface area contributed by atoms with E-state index in [0.717, 1.165) is 0 Å². The first-order chi connectivity index (χ1) is 12.3. The number of hydrogen-bond donors (Lipinski definition) is 4. The summed E-state index contributed by atoms with van der Waals surface area (Å²) >= 11 is 0. The lowest BCUT2D eigenvalue weighted by molar-refractivity contribution is 0.177. The summed E-state index contributed by atoms with van der Waals surface area (Å²) < 4.78 is 45.1. The number of hydrogen-bond acceptors (Lipinski definition) is 8. The van der Waals surface area contributed by atoms with Crippen LogP contribution in [0.1, 0.15) is 45.8 Å². The number of nitrogens with one attached hydrogen (secondary N) is 1. The van der Waals surface area contributed by atoms with Gasteiger partial charge in [0.1, 0.15) is 0 Å². The highest BCUT2D eigenvalue weighted by atomic mass is 32.3. The normalized spacial score (nSPS) is 13.6. The molecule has 0 unspecified atom stereocenters. The number of phenolic OH excluding ortho intramolecular Hbond substituents is 2. The Morgan fingerprint density at radius 2 is 1.48 bits per heavy atom. The van der Waals surface area contributed by atoms with Crippen LogP contribution in [0, 0.1) is 0 Å². The first kappa shape index (κ1) is 25.6. The molecule has 27 heavy (non-hydrogen) atoms. The van der Waals surface area contributed by atoms with Crippen molar-refractivity contribution >= 4 is 19.7 Å². The second-order valence-corrected chi connectivity index (χ2v) is 11.8. The molecule has 0 heterocycles. The summed E-state index contributed by atoms with van der Waals surface area (Å²) in [5, 5.41) is 30.4. The van der Waals surface area contributed by atoms with E-state index < -0.39 is 29.9 Å². The third-order valence-electron chi connectivity index (χ3n) is 4.50. The van der Waals surface area contributed by atoms with Crippen molar-refractivity contribution in [3.8, 4) is 11.5 Å². The average molecular weight is 426 g/mol. The molecule has 0 aliphatic heterocycles. The molecule has 8 nitrogen and oxygen atoms in total. The molecule has 0 radical (unpaired) electrons. The van der Waals surface area contributed by atoms with Crippen LogP contribution in [0.5, 0.6) is 11.5 Å². The molecule has 0 aromatic heterocycles. The van der Waals surface area contributed by atoms with E-state index in [4.69, 9.17) is 10.2 Å². The van der Waals surface area contributed by atoms with Crippen LogP contribution < -0.4 is 5.32 Å². The van der Waals surface area contributed by atoms with Crippen molar-refractivity contribution in [1.82, 2.24) is 5.32 Å². The molecular weight excluding hydrogens is 394 g/mol. The van der Waals surface area contributed by atoms with Crippen molar-refractivity contribution in [1.29, 1.82) is 0 Å². The second-order valence-electron chi connectivity index (χ2n) is 6.12. The molecule has 1 atom stereocenters. The molecule has 158 valence electrons. The van der Waals surface area contributed by atoms with Crippen LogP contribution in [-0.2, 0) is 19.7 Å². The van der Waals surface area contributed by atoms with Crippen LogP contribution in [0.4, 0.5) is 0 Å². The van der Waals surface area contributed by atoms with E-state index in [9.17, 15) is 21.9 Å². The van der Waals surface area contributed by atoms with Gasteiger partial charge in [0, 0.05) is 18.1 Å². The quantitative estimate of drug-likeness (QED) is 0.457. The molecule has 1 rings (SSSR count). The van der Waals surface area contributed by atoms with E-state index in [1.807, 2.05) is 0 Å². The molecule has 1 aromatic carbocycles. The van der Waals surface area contributed by atoms with Crippen LogP contribution in [0.2, 0.25) is 0 Å². The zero-order chi connectivity index (χ0) is 21.5. The number of benzene rings is 1. The van der Waals surface area contributed by atoms with E-state index in [-0.39, 0.29) is 29.4 Å². The highest BCUT2D eigenvalue weighted by molar-refractivity contribution is 8.10. The fraction of sp³-hybridized carbons (Fsp3) is 0.647. The van der Waals surface area contributed by atoms with E-state index in [2.05, 4.69) is 5.32 Å². The predicted molar refractivity (Wildman–Crippen MR) is 106 cm³/mol. The molecule has 0 aliphatic rings. The molecular formula is C17H31NO7S2. The number of sulfone groups is 2. The molecule has 0 aliphatic carbocycles. The predicted octanol–water partition coefficient (Wildman–Crippen LogP) is 1.33. The summed E-state index contributed by atoms with van der Waals surface area (Å²) in [6.45, 7) is 6.22. The van der Waals surface area contributed by atoms with Crippen molar-refractivity contribution in [2.45, 2.75) is 44.3 Å². The Balaban J connectivity index is 0.000000501. The lowest BCUT2D eigenvalue weighted by atomic mass is 10.1. The Morgan fingerprint density at radius 3 is 1.81 bits per heavy atom. The molecule has 0 amide bonds. The van der Waals surface area contributed by atoms with Crippen molar-refractivity contribution in [2.24, 2.45) is 0 Å². The van der Waals surface area contributed by atoms with Gasteiger partial charge in [0.15, 0.2) is 35.3 Å². The van der Waals surface area contributed by atoms with Crippen LogP contribution in [0.3, 0.4) is 0 Å². The van der Waals surface area contributed by atoms with Crippen molar-refractivity contribution in [3.05, 3.63) is 23.8 Å². The molecule has 0 fully saturated rings. The highest BCUT2D eigenvalue weighted by Gasteiger charge is 2.47. The average Bonchev–Trinajstić information content (AvgIpc) is 2.63. The third kappa shape index (κ3) is 6.06. The van der Waals surface area contributed by atoms with Crippen LogP contribution in [0.15, 0.2) is 18.2 Å². The Hall–Kier alpha value is -1.36. The summed E-state index contributed by atoms with van der Waals surface area (Å²) in [6, 6.07) is 4.26. The monoisotopic (exact) mass is 425 g/mol. The van der Waals surface area contributed by atoms with Crippen LogP contribution in [0.25, 0.3) is 0 Å². The third-order valence-corrected chi connectivity index (χ3v) is 10.8. The van der Waals surface area contributed by atoms with Gasteiger partial charge in [0.25, 0.3) is 0 Å². The Labute approximate surface area is 162 Å². The molecule has 10 heteroatoms. The number of aliphatic hydroxyl groups is 1. The van der Waals surface area contributed by atoms with Gasteiger partial charge < -0.3 is 20.6 Å². The van der Waals surface area contributed by atoms with Gasteiger partial charge in [-0.3, -0.25) is 0 Å². The SMILES string of the molecule is CCC(C)(S(=O)(=O)CC)S(=O)(=O)CC.CNC[C@H](O)c1ccc(O)c(O)c1. The molecule has 0 saturated heterocycles. The van der Waals surface area contributed by atoms with Crippen molar-refractivity contribution in [2.75, 3.05) is 25.1 Å². The van der Waals surface area contributed by atoms with Crippen LogP contribution in [-0.4, -0.2) is 61.3 Å². The summed E-state index contributed by atoms with van der Waals surface area (Å²) in [6.07, 6.45) is -0.573. The zero-order valence-electron chi connectivity index (χ0n) is 16.4. The fourth-order valence-corrected chi connectivity index (χ4v) is 6.66. The van der Waals surface area contributed by atoms with Gasteiger partial charge in [0.2, 0.25) is 0 Å². The van der Waals surface area contributed by atoms with Gasteiger partial charge in [-0.05, 0) is 38.1 Å². The molecule has 0 saturated carbocycles. The smallest absolute Gasteiger partial charge is 0.170 e. The molecule has 4 N–H and O–H groups in total. The van der Waals surface area contributed by atoms with Crippen molar-refractivity contribution in [3.63, 3.8) is 0 Å². The fourth-order valence-electron chi connectivity index (χ4n) is 2.30. The maximum absolute atomic E-state index is 11.7. The Kier molecular flexibility index (Phi) is 9.74. The number of likely N-dealkylation sites (N-methyl/N-ethyl adjacent to an activating group) is 1. The summed E-state index contributed by atoms with van der Waals surface area (Å²) in [7, 11) is -5.41. The second kappa shape index (κ2) is 10.3. The summed E-state index contributed by atoms with van der Waals surface area (Å²) in [4.78, 5) is 0. The lowest BCUT2D eigenvalue weighted by Gasteiger charge is -2.26. The number of rotatable bonds is 8. The van der Waals surface area contributed by atoms with Crippen LogP contribution >= 0.6 is 0 Å². The number of aromatic hydroxyl groups is 2.